The minimum Gasteiger partial charge on any atom is -0.494 e. The van der Waals surface area contributed by atoms with Crippen molar-refractivity contribution in [2.45, 2.75) is 18.6 Å². The summed E-state index contributed by atoms with van der Waals surface area (Å²) in [6.45, 7) is 2.55. The average Bonchev–Trinajstić information content (AvgIpc) is 3.02. The van der Waals surface area contributed by atoms with Crippen LogP contribution in [0.5, 0.6) is 17.2 Å². The van der Waals surface area contributed by atoms with E-state index in [1.807, 2.05) is 31.2 Å². The van der Waals surface area contributed by atoms with Gasteiger partial charge in [0.15, 0.2) is 9.84 Å². The van der Waals surface area contributed by atoms with Crippen LogP contribution in [0.15, 0.2) is 48.5 Å². The first kappa shape index (κ1) is 20.5. The zero-order valence-electron chi connectivity index (χ0n) is 15.6. The van der Waals surface area contributed by atoms with E-state index in [9.17, 15) is 13.2 Å². The summed E-state index contributed by atoms with van der Waals surface area (Å²) in [7, 11) is -2.91. The molecule has 3 rings (SSSR count). The quantitative estimate of drug-likeness (QED) is 0.699. The van der Waals surface area contributed by atoms with Crippen molar-refractivity contribution >= 4 is 33.2 Å². The molecular formula is C20H23NO5S2. The SMILES string of the molecule is CCOc1ccc(Oc2ccc(NC(=O)CS[C@H]3CCS(=O)(=O)C3)cc2)cc1. The molecule has 0 spiro atoms. The zero-order chi connectivity index (χ0) is 20.0. The van der Waals surface area contributed by atoms with Crippen LogP contribution < -0.4 is 14.8 Å². The highest BCUT2D eigenvalue weighted by molar-refractivity contribution is 8.02. The summed E-state index contributed by atoms with van der Waals surface area (Å²) < 4.78 is 34.1. The number of rotatable bonds is 8. The molecule has 6 nitrogen and oxygen atoms in total. The molecule has 1 N–H and O–H groups in total. The summed E-state index contributed by atoms with van der Waals surface area (Å²) in [6.07, 6.45) is 0.623. The third kappa shape index (κ3) is 6.17. The Bertz CT molecular complexity index is 895. The number of anilines is 1. The first-order valence-corrected chi connectivity index (χ1v) is 11.9. The number of ether oxygens (including phenoxy) is 2. The van der Waals surface area contributed by atoms with Gasteiger partial charge in [-0.1, -0.05) is 0 Å². The van der Waals surface area contributed by atoms with E-state index in [4.69, 9.17) is 9.47 Å². The van der Waals surface area contributed by atoms with Crippen LogP contribution in [0.3, 0.4) is 0 Å². The topological polar surface area (TPSA) is 81.7 Å². The number of carbonyl (C=O) groups excluding carboxylic acids is 1. The zero-order valence-corrected chi connectivity index (χ0v) is 17.2. The summed E-state index contributed by atoms with van der Waals surface area (Å²) in [6, 6.07) is 14.5. The fourth-order valence-electron chi connectivity index (χ4n) is 2.80. The Hall–Kier alpha value is -2.19. The molecule has 28 heavy (non-hydrogen) atoms. The Labute approximate surface area is 169 Å². The molecule has 1 atom stereocenters. The first-order valence-electron chi connectivity index (χ1n) is 9.06. The second kappa shape index (κ2) is 9.34. The summed E-state index contributed by atoms with van der Waals surface area (Å²) in [5.74, 6) is 2.64. The van der Waals surface area contributed by atoms with E-state index in [1.165, 1.54) is 11.8 Å². The molecule has 0 unspecified atom stereocenters. The van der Waals surface area contributed by atoms with Gasteiger partial charge < -0.3 is 14.8 Å². The molecule has 1 saturated heterocycles. The molecule has 8 heteroatoms. The Morgan fingerprint density at radius 2 is 1.68 bits per heavy atom. The first-order chi connectivity index (χ1) is 13.4. The van der Waals surface area contributed by atoms with Crippen molar-refractivity contribution in [1.82, 2.24) is 0 Å². The number of amides is 1. The molecule has 0 aromatic heterocycles. The van der Waals surface area contributed by atoms with Gasteiger partial charge in [0.25, 0.3) is 0 Å². The van der Waals surface area contributed by atoms with E-state index in [1.54, 1.807) is 24.3 Å². The van der Waals surface area contributed by atoms with Gasteiger partial charge in [-0.15, -0.1) is 11.8 Å². The van der Waals surface area contributed by atoms with E-state index >= 15 is 0 Å². The van der Waals surface area contributed by atoms with Gasteiger partial charge in [0, 0.05) is 10.9 Å². The Morgan fingerprint density at radius 3 is 2.25 bits per heavy atom. The van der Waals surface area contributed by atoms with Gasteiger partial charge in [-0.2, -0.15) is 0 Å². The molecule has 1 amide bonds. The number of hydrogen-bond acceptors (Lipinski definition) is 6. The van der Waals surface area contributed by atoms with Gasteiger partial charge in [0.05, 0.1) is 23.9 Å². The molecule has 0 aliphatic carbocycles. The van der Waals surface area contributed by atoms with E-state index < -0.39 is 9.84 Å². The predicted molar refractivity (Wildman–Crippen MR) is 112 cm³/mol. The standard InChI is InChI=1S/C20H23NO5S2/c1-2-25-16-7-9-18(10-8-16)26-17-5-3-15(4-6-17)21-20(22)13-27-19-11-12-28(23,24)14-19/h3-10,19H,2,11-14H2,1H3,(H,21,22)/t19-/m0/s1. The lowest BCUT2D eigenvalue weighted by molar-refractivity contribution is -0.113. The van der Waals surface area contributed by atoms with Gasteiger partial charge >= 0.3 is 0 Å². The largest absolute Gasteiger partial charge is 0.494 e. The van der Waals surface area contributed by atoms with Crippen molar-refractivity contribution in [2.75, 3.05) is 29.2 Å². The van der Waals surface area contributed by atoms with E-state index in [0.717, 1.165) is 5.75 Å². The lowest BCUT2D eigenvalue weighted by atomic mass is 10.3. The second-order valence-corrected chi connectivity index (χ2v) is 9.93. The van der Waals surface area contributed by atoms with Crippen LogP contribution in [-0.2, 0) is 14.6 Å². The molecule has 1 aliphatic heterocycles. The Balaban J connectivity index is 1.46. The maximum atomic E-state index is 12.1. The summed E-state index contributed by atoms with van der Waals surface area (Å²) >= 11 is 1.40. The van der Waals surface area contributed by atoms with Crippen LogP contribution >= 0.6 is 11.8 Å². The van der Waals surface area contributed by atoms with Crippen molar-refractivity contribution in [1.29, 1.82) is 0 Å². The van der Waals surface area contributed by atoms with Crippen molar-refractivity contribution in [3.63, 3.8) is 0 Å². The van der Waals surface area contributed by atoms with Crippen LogP contribution in [-0.4, -0.2) is 43.4 Å². The Kier molecular flexibility index (Phi) is 6.85. The minimum absolute atomic E-state index is 0.0145. The van der Waals surface area contributed by atoms with Crippen molar-refractivity contribution in [3.8, 4) is 17.2 Å². The minimum atomic E-state index is -2.91. The van der Waals surface area contributed by atoms with Gasteiger partial charge in [-0.25, -0.2) is 8.42 Å². The molecule has 150 valence electrons. The fraction of sp³-hybridized carbons (Fsp3) is 0.350. The van der Waals surface area contributed by atoms with Crippen LogP contribution in [0, 0.1) is 0 Å². The molecule has 1 aliphatic rings. The smallest absolute Gasteiger partial charge is 0.234 e. The summed E-state index contributed by atoms with van der Waals surface area (Å²) in [4.78, 5) is 12.1. The van der Waals surface area contributed by atoms with Gasteiger partial charge in [-0.3, -0.25) is 4.79 Å². The number of sulfone groups is 1. The summed E-state index contributed by atoms with van der Waals surface area (Å²) in [5, 5.41) is 2.83. The number of carbonyl (C=O) groups is 1. The molecule has 0 saturated carbocycles. The van der Waals surface area contributed by atoms with Crippen molar-refractivity contribution < 1.29 is 22.7 Å². The van der Waals surface area contributed by atoms with Crippen LogP contribution in [0.4, 0.5) is 5.69 Å². The third-order valence-corrected chi connectivity index (χ3v) is 7.43. The number of benzene rings is 2. The third-order valence-electron chi connectivity index (χ3n) is 4.15. The van der Waals surface area contributed by atoms with Gasteiger partial charge in [0.1, 0.15) is 17.2 Å². The van der Waals surface area contributed by atoms with Gasteiger partial charge in [0.2, 0.25) is 5.91 Å². The lowest BCUT2D eigenvalue weighted by Crippen LogP contribution is -2.17. The highest BCUT2D eigenvalue weighted by Crippen LogP contribution is 2.26. The van der Waals surface area contributed by atoms with E-state index in [2.05, 4.69) is 5.32 Å². The number of nitrogens with one attached hydrogen (secondary N) is 1. The normalized spacial score (nSPS) is 17.8. The second-order valence-electron chi connectivity index (χ2n) is 6.42. The van der Waals surface area contributed by atoms with E-state index in [-0.39, 0.29) is 28.4 Å². The highest BCUT2D eigenvalue weighted by atomic mass is 32.2. The van der Waals surface area contributed by atoms with Crippen molar-refractivity contribution in [2.24, 2.45) is 0 Å². The Morgan fingerprint density at radius 1 is 1.07 bits per heavy atom. The van der Waals surface area contributed by atoms with Crippen LogP contribution in [0.2, 0.25) is 0 Å². The average molecular weight is 422 g/mol. The fourth-order valence-corrected chi connectivity index (χ4v) is 6.24. The van der Waals surface area contributed by atoms with E-state index in [0.29, 0.717) is 30.2 Å². The molecule has 0 radical (unpaired) electrons. The van der Waals surface area contributed by atoms with Crippen LogP contribution in [0.25, 0.3) is 0 Å². The summed E-state index contributed by atoms with van der Waals surface area (Å²) in [5.41, 5.74) is 0.670. The molecular weight excluding hydrogens is 398 g/mol. The maximum Gasteiger partial charge on any atom is 0.234 e. The lowest BCUT2D eigenvalue weighted by Gasteiger charge is -2.10. The molecule has 1 heterocycles. The van der Waals surface area contributed by atoms with Crippen molar-refractivity contribution in [3.05, 3.63) is 48.5 Å². The monoisotopic (exact) mass is 421 g/mol. The molecule has 2 aromatic rings. The molecule has 0 bridgehead atoms. The number of hydrogen-bond donors (Lipinski definition) is 1. The molecule has 1 fully saturated rings. The molecule has 2 aromatic carbocycles. The maximum absolute atomic E-state index is 12.1. The van der Waals surface area contributed by atoms with Gasteiger partial charge in [-0.05, 0) is 61.9 Å². The predicted octanol–water partition coefficient (Wildman–Crippen LogP) is 3.74. The number of thioether (sulfide) groups is 1. The van der Waals surface area contributed by atoms with Crippen LogP contribution in [0.1, 0.15) is 13.3 Å². The highest BCUT2D eigenvalue weighted by Gasteiger charge is 2.28.